The molecule has 1 rings (SSSR count). The van der Waals surface area contributed by atoms with Crippen LogP contribution >= 0.6 is 0 Å². The molecule has 0 radical (unpaired) electrons. The molecular weight excluding hydrogens is 213 g/mol. The molecule has 0 fully saturated rings. The minimum Gasteiger partial charge on any atom is -0.317 e. The summed E-state index contributed by atoms with van der Waals surface area (Å²) < 4.78 is 13.2. The zero-order valence-corrected chi connectivity index (χ0v) is 11.4. The van der Waals surface area contributed by atoms with E-state index in [1.165, 1.54) is 5.56 Å². The maximum absolute atomic E-state index is 13.2. The van der Waals surface area contributed by atoms with Crippen LogP contribution < -0.4 is 5.32 Å². The van der Waals surface area contributed by atoms with Crippen molar-refractivity contribution in [2.24, 2.45) is 0 Å². The van der Waals surface area contributed by atoms with Gasteiger partial charge in [-0.05, 0) is 55.5 Å². The van der Waals surface area contributed by atoms with E-state index in [9.17, 15) is 4.39 Å². The van der Waals surface area contributed by atoms with Gasteiger partial charge < -0.3 is 5.32 Å². The predicted molar refractivity (Wildman–Crippen MR) is 71.9 cm³/mol. The Morgan fingerprint density at radius 1 is 1.24 bits per heavy atom. The van der Waals surface area contributed by atoms with E-state index < -0.39 is 0 Å². The third-order valence-corrected chi connectivity index (χ3v) is 3.29. The molecule has 0 bridgehead atoms. The number of hydrogen-bond donors (Lipinski definition) is 1. The van der Waals surface area contributed by atoms with Crippen LogP contribution in [0.4, 0.5) is 4.39 Å². The lowest BCUT2D eigenvalue weighted by atomic mass is 9.81. The summed E-state index contributed by atoms with van der Waals surface area (Å²) in [6.45, 7) is 10.5. The van der Waals surface area contributed by atoms with E-state index in [0.717, 1.165) is 31.5 Å². The van der Waals surface area contributed by atoms with Crippen molar-refractivity contribution in [1.82, 2.24) is 5.32 Å². The van der Waals surface area contributed by atoms with Crippen LogP contribution in [0.3, 0.4) is 0 Å². The quantitative estimate of drug-likeness (QED) is 0.742. The molecule has 1 nitrogen and oxygen atoms in total. The van der Waals surface area contributed by atoms with Gasteiger partial charge in [-0.15, -0.1) is 0 Å². The number of benzene rings is 1. The molecule has 0 unspecified atom stereocenters. The molecule has 1 aromatic carbocycles. The third kappa shape index (κ3) is 4.12. The van der Waals surface area contributed by atoms with Crippen molar-refractivity contribution in [2.75, 3.05) is 13.1 Å². The van der Waals surface area contributed by atoms with Gasteiger partial charge in [0.25, 0.3) is 0 Å². The molecule has 0 aliphatic heterocycles. The van der Waals surface area contributed by atoms with Crippen LogP contribution in [-0.2, 0) is 5.41 Å². The molecule has 0 spiro atoms. The molecule has 0 aliphatic rings. The molecule has 0 aliphatic carbocycles. The Morgan fingerprint density at radius 3 is 2.53 bits per heavy atom. The van der Waals surface area contributed by atoms with Crippen molar-refractivity contribution in [1.29, 1.82) is 0 Å². The van der Waals surface area contributed by atoms with Crippen molar-refractivity contribution < 1.29 is 4.39 Å². The van der Waals surface area contributed by atoms with Gasteiger partial charge in [-0.2, -0.15) is 0 Å². The second kappa shape index (κ2) is 6.15. The van der Waals surface area contributed by atoms with Gasteiger partial charge in [0.1, 0.15) is 5.82 Å². The van der Waals surface area contributed by atoms with Crippen LogP contribution in [0.2, 0.25) is 0 Å². The monoisotopic (exact) mass is 237 g/mol. The summed E-state index contributed by atoms with van der Waals surface area (Å²) in [6.07, 6.45) is 2.23. The summed E-state index contributed by atoms with van der Waals surface area (Å²) in [5, 5.41) is 3.41. The van der Waals surface area contributed by atoms with E-state index in [0.29, 0.717) is 0 Å². The summed E-state index contributed by atoms with van der Waals surface area (Å²) in [5.41, 5.74) is 2.05. The minimum absolute atomic E-state index is 0.0964. The predicted octanol–water partition coefficient (Wildman–Crippen LogP) is 3.80. The fourth-order valence-corrected chi connectivity index (χ4v) is 1.91. The summed E-state index contributed by atoms with van der Waals surface area (Å²) in [7, 11) is 0. The molecule has 1 N–H and O–H groups in total. The number of rotatable bonds is 6. The molecule has 0 aromatic heterocycles. The highest BCUT2D eigenvalue weighted by atomic mass is 19.1. The lowest BCUT2D eigenvalue weighted by Crippen LogP contribution is -2.26. The minimum atomic E-state index is -0.117. The Morgan fingerprint density at radius 2 is 1.94 bits per heavy atom. The highest BCUT2D eigenvalue weighted by Crippen LogP contribution is 2.27. The van der Waals surface area contributed by atoms with E-state index in [1.54, 1.807) is 6.07 Å². The van der Waals surface area contributed by atoms with Crippen LogP contribution in [0, 0.1) is 12.7 Å². The first-order valence-electron chi connectivity index (χ1n) is 6.44. The zero-order valence-electron chi connectivity index (χ0n) is 11.4. The van der Waals surface area contributed by atoms with Crippen LogP contribution in [0.25, 0.3) is 0 Å². The topological polar surface area (TPSA) is 12.0 Å². The number of aryl methyl sites for hydroxylation is 1. The molecule has 0 saturated heterocycles. The van der Waals surface area contributed by atoms with Gasteiger partial charge in [0.05, 0.1) is 0 Å². The van der Waals surface area contributed by atoms with Crippen LogP contribution in [0.1, 0.15) is 44.7 Å². The van der Waals surface area contributed by atoms with Gasteiger partial charge in [-0.1, -0.05) is 32.9 Å². The molecule has 1 aromatic rings. The van der Waals surface area contributed by atoms with Gasteiger partial charge >= 0.3 is 0 Å². The summed E-state index contributed by atoms with van der Waals surface area (Å²) >= 11 is 0. The Kier molecular flexibility index (Phi) is 5.13. The SMILES string of the molecule is CCCNCCC(C)(C)c1ccc(F)c(C)c1. The molecule has 0 heterocycles. The molecule has 0 saturated carbocycles. The van der Waals surface area contributed by atoms with Gasteiger partial charge in [-0.3, -0.25) is 0 Å². The fraction of sp³-hybridized carbons (Fsp3) is 0.600. The molecular formula is C15H24FN. The maximum Gasteiger partial charge on any atom is 0.126 e. The third-order valence-electron chi connectivity index (χ3n) is 3.29. The van der Waals surface area contributed by atoms with E-state index >= 15 is 0 Å². The fourth-order valence-electron chi connectivity index (χ4n) is 1.91. The Hall–Kier alpha value is -0.890. The zero-order chi connectivity index (χ0) is 12.9. The van der Waals surface area contributed by atoms with Gasteiger partial charge in [0.15, 0.2) is 0 Å². The largest absolute Gasteiger partial charge is 0.317 e. The number of nitrogens with one attached hydrogen (secondary N) is 1. The number of halogens is 1. The average molecular weight is 237 g/mol. The van der Waals surface area contributed by atoms with Gasteiger partial charge in [0, 0.05) is 0 Å². The molecule has 0 atom stereocenters. The summed E-state index contributed by atoms with van der Waals surface area (Å²) in [4.78, 5) is 0. The van der Waals surface area contributed by atoms with E-state index in [4.69, 9.17) is 0 Å². The van der Waals surface area contributed by atoms with Crippen molar-refractivity contribution in [3.05, 3.63) is 35.1 Å². The first kappa shape index (κ1) is 14.2. The maximum atomic E-state index is 13.2. The Labute approximate surface area is 104 Å². The van der Waals surface area contributed by atoms with Crippen LogP contribution in [-0.4, -0.2) is 13.1 Å². The first-order chi connectivity index (χ1) is 7.97. The van der Waals surface area contributed by atoms with Crippen molar-refractivity contribution in [2.45, 2.75) is 46.0 Å². The van der Waals surface area contributed by atoms with Crippen molar-refractivity contribution in [3.63, 3.8) is 0 Å². The molecule has 17 heavy (non-hydrogen) atoms. The smallest absolute Gasteiger partial charge is 0.126 e. The van der Waals surface area contributed by atoms with Crippen molar-refractivity contribution in [3.8, 4) is 0 Å². The summed E-state index contributed by atoms with van der Waals surface area (Å²) in [6, 6.07) is 5.45. The highest BCUT2D eigenvalue weighted by Gasteiger charge is 2.20. The van der Waals surface area contributed by atoms with Crippen LogP contribution in [0.15, 0.2) is 18.2 Å². The van der Waals surface area contributed by atoms with E-state index in [1.807, 2.05) is 19.1 Å². The van der Waals surface area contributed by atoms with Gasteiger partial charge in [0.2, 0.25) is 0 Å². The number of hydrogen-bond acceptors (Lipinski definition) is 1. The lowest BCUT2D eigenvalue weighted by Gasteiger charge is -2.26. The normalized spacial score (nSPS) is 11.8. The van der Waals surface area contributed by atoms with E-state index in [2.05, 4.69) is 26.1 Å². The molecule has 2 heteroatoms. The lowest BCUT2D eigenvalue weighted by molar-refractivity contribution is 0.456. The molecule has 0 amide bonds. The van der Waals surface area contributed by atoms with Gasteiger partial charge in [-0.25, -0.2) is 4.39 Å². The summed E-state index contributed by atoms with van der Waals surface area (Å²) in [5.74, 6) is -0.117. The average Bonchev–Trinajstić information content (AvgIpc) is 2.28. The highest BCUT2D eigenvalue weighted by molar-refractivity contribution is 5.29. The second-order valence-electron chi connectivity index (χ2n) is 5.35. The van der Waals surface area contributed by atoms with Crippen LogP contribution in [0.5, 0.6) is 0 Å². The Balaban J connectivity index is 2.64. The molecule has 96 valence electrons. The standard InChI is InChI=1S/C15H24FN/c1-5-9-17-10-8-15(3,4)13-6-7-14(16)12(2)11-13/h6-7,11,17H,5,8-10H2,1-4H3. The van der Waals surface area contributed by atoms with E-state index in [-0.39, 0.29) is 11.2 Å². The second-order valence-corrected chi connectivity index (χ2v) is 5.35. The Bertz CT molecular complexity index is 358. The first-order valence-corrected chi connectivity index (χ1v) is 6.44. The van der Waals surface area contributed by atoms with Crippen molar-refractivity contribution >= 4 is 0 Å².